The van der Waals surface area contributed by atoms with Crippen LogP contribution in [0.3, 0.4) is 0 Å². The van der Waals surface area contributed by atoms with Gasteiger partial charge in [0, 0.05) is 17.2 Å². The fourth-order valence-corrected chi connectivity index (χ4v) is 1.93. The van der Waals surface area contributed by atoms with Crippen molar-refractivity contribution in [1.82, 2.24) is 0 Å². The molecule has 0 N–H and O–H groups in total. The van der Waals surface area contributed by atoms with Gasteiger partial charge < -0.3 is 4.74 Å². The molecule has 0 saturated heterocycles. The van der Waals surface area contributed by atoms with E-state index in [1.807, 2.05) is 0 Å². The number of nitro benzene ring substituents is 2. The Bertz CT molecular complexity index is 826. The molecule has 0 bridgehead atoms. The Hall–Kier alpha value is -2.88. The predicted octanol–water partition coefficient (Wildman–Crippen LogP) is 4.97. The van der Waals surface area contributed by atoms with Crippen LogP contribution in [0, 0.1) is 20.2 Å². The van der Waals surface area contributed by atoms with Crippen molar-refractivity contribution in [1.29, 1.82) is 0 Å². The maximum Gasteiger partial charge on any atom is 0.416 e. The molecule has 126 valence electrons. The molecule has 0 radical (unpaired) electrons. The van der Waals surface area contributed by atoms with Crippen LogP contribution in [-0.4, -0.2) is 9.85 Å². The minimum absolute atomic E-state index is 0.0240. The zero-order valence-electron chi connectivity index (χ0n) is 11.4. The van der Waals surface area contributed by atoms with Crippen molar-refractivity contribution in [2.24, 2.45) is 0 Å². The summed E-state index contributed by atoms with van der Waals surface area (Å²) >= 11 is 5.62. The van der Waals surface area contributed by atoms with Crippen LogP contribution in [0.25, 0.3) is 0 Å². The van der Waals surface area contributed by atoms with Crippen molar-refractivity contribution >= 4 is 23.0 Å². The second-order valence-corrected chi connectivity index (χ2v) is 4.85. The number of alkyl halides is 3. The molecule has 7 nitrogen and oxygen atoms in total. The van der Waals surface area contributed by atoms with Gasteiger partial charge in [-0.1, -0.05) is 11.6 Å². The molecule has 0 aromatic heterocycles. The van der Waals surface area contributed by atoms with Crippen LogP contribution in [0.15, 0.2) is 36.4 Å². The van der Waals surface area contributed by atoms with Crippen LogP contribution in [0.1, 0.15) is 5.56 Å². The predicted molar refractivity (Wildman–Crippen MR) is 76.3 cm³/mol. The van der Waals surface area contributed by atoms with Crippen molar-refractivity contribution < 1.29 is 27.8 Å². The lowest BCUT2D eigenvalue weighted by Crippen LogP contribution is -2.06. The van der Waals surface area contributed by atoms with Crippen LogP contribution in [-0.2, 0) is 6.18 Å². The highest BCUT2D eigenvalue weighted by Crippen LogP contribution is 2.40. The molecule has 0 unspecified atom stereocenters. The first-order chi connectivity index (χ1) is 11.1. The van der Waals surface area contributed by atoms with E-state index < -0.39 is 44.5 Å². The maximum atomic E-state index is 12.6. The third-order valence-electron chi connectivity index (χ3n) is 2.82. The summed E-state index contributed by atoms with van der Waals surface area (Å²) in [5.74, 6) is -0.967. The lowest BCUT2D eigenvalue weighted by molar-refractivity contribution is -0.387. The Morgan fingerprint density at radius 1 is 0.917 bits per heavy atom. The topological polar surface area (TPSA) is 95.5 Å². The van der Waals surface area contributed by atoms with Crippen molar-refractivity contribution in [3.8, 4) is 11.5 Å². The molecule has 2 aromatic carbocycles. The summed E-state index contributed by atoms with van der Waals surface area (Å²) in [7, 11) is 0. The average Bonchev–Trinajstić information content (AvgIpc) is 2.47. The fourth-order valence-electron chi connectivity index (χ4n) is 1.76. The Morgan fingerprint density at radius 3 is 1.92 bits per heavy atom. The van der Waals surface area contributed by atoms with E-state index in [0.717, 1.165) is 18.2 Å². The Balaban J connectivity index is 2.51. The molecule has 2 aromatic rings. The van der Waals surface area contributed by atoms with Gasteiger partial charge in [0.25, 0.3) is 0 Å². The second-order valence-electron chi connectivity index (χ2n) is 4.41. The molecule has 11 heteroatoms. The van der Waals surface area contributed by atoms with Crippen LogP contribution in [0.2, 0.25) is 5.02 Å². The summed E-state index contributed by atoms with van der Waals surface area (Å²) in [6.45, 7) is 0. The van der Waals surface area contributed by atoms with Crippen molar-refractivity contribution in [3.05, 3.63) is 67.2 Å². The Morgan fingerprint density at radius 2 is 1.42 bits per heavy atom. The number of nitrogens with zero attached hydrogens (tertiary/aromatic N) is 2. The third-order valence-corrected chi connectivity index (χ3v) is 3.06. The Labute approximate surface area is 136 Å². The molecule has 2 rings (SSSR count). The molecular weight excluding hydrogens is 357 g/mol. The minimum Gasteiger partial charge on any atom is -0.443 e. The molecule has 0 aliphatic heterocycles. The Kier molecular flexibility index (Phi) is 4.60. The molecule has 0 aliphatic carbocycles. The highest BCUT2D eigenvalue weighted by atomic mass is 35.5. The number of nitro groups is 2. The van der Waals surface area contributed by atoms with Gasteiger partial charge in [-0.05, 0) is 24.3 Å². The van der Waals surface area contributed by atoms with Gasteiger partial charge in [-0.15, -0.1) is 0 Å². The first kappa shape index (κ1) is 17.5. The van der Waals surface area contributed by atoms with Gasteiger partial charge >= 0.3 is 17.6 Å². The van der Waals surface area contributed by atoms with E-state index in [0.29, 0.717) is 6.07 Å². The summed E-state index contributed by atoms with van der Waals surface area (Å²) in [5.41, 5.74) is -2.81. The monoisotopic (exact) mass is 362 g/mol. The van der Waals surface area contributed by atoms with Crippen molar-refractivity contribution in [3.63, 3.8) is 0 Å². The number of ether oxygens (including phenoxy) is 1. The first-order valence-corrected chi connectivity index (χ1v) is 6.45. The highest BCUT2D eigenvalue weighted by molar-refractivity contribution is 6.30. The number of hydrogen-bond donors (Lipinski definition) is 0. The lowest BCUT2D eigenvalue weighted by Gasteiger charge is -2.10. The maximum absolute atomic E-state index is 12.6. The van der Waals surface area contributed by atoms with Crippen LogP contribution in [0.4, 0.5) is 24.5 Å². The summed E-state index contributed by atoms with van der Waals surface area (Å²) in [4.78, 5) is 20.0. The SMILES string of the molecule is O=[N+]([O-])c1cc(Cl)ccc1Oc1ccc(C(F)(F)F)cc1[N+](=O)[O-]. The smallest absolute Gasteiger partial charge is 0.416 e. The van der Waals surface area contributed by atoms with Crippen molar-refractivity contribution in [2.45, 2.75) is 6.18 Å². The van der Waals surface area contributed by atoms with Crippen LogP contribution < -0.4 is 4.74 Å². The van der Waals surface area contributed by atoms with Gasteiger partial charge in [0.05, 0.1) is 15.4 Å². The van der Waals surface area contributed by atoms with Crippen molar-refractivity contribution in [2.75, 3.05) is 0 Å². The molecule has 0 fully saturated rings. The zero-order chi connectivity index (χ0) is 18.1. The number of rotatable bonds is 4. The normalized spacial score (nSPS) is 11.2. The molecule has 0 heterocycles. The van der Waals surface area contributed by atoms with E-state index in [-0.39, 0.29) is 11.1 Å². The fraction of sp³-hybridized carbons (Fsp3) is 0.0769. The second kappa shape index (κ2) is 6.32. The van der Waals surface area contributed by atoms with Gasteiger partial charge in [-0.2, -0.15) is 13.2 Å². The van der Waals surface area contributed by atoms with E-state index in [2.05, 4.69) is 0 Å². The quantitative estimate of drug-likeness (QED) is 0.565. The van der Waals surface area contributed by atoms with E-state index >= 15 is 0 Å². The molecule has 0 spiro atoms. The summed E-state index contributed by atoms with van der Waals surface area (Å²) in [6, 6.07) is 4.86. The molecular formula is C13H6ClF3N2O5. The van der Waals surface area contributed by atoms with Crippen LogP contribution >= 0.6 is 11.6 Å². The van der Waals surface area contributed by atoms with Gasteiger partial charge in [0.15, 0.2) is 0 Å². The van der Waals surface area contributed by atoms with Gasteiger partial charge in [0.2, 0.25) is 11.5 Å². The minimum atomic E-state index is -4.78. The molecule has 0 amide bonds. The van der Waals surface area contributed by atoms with E-state index in [1.54, 1.807) is 0 Å². The summed E-state index contributed by atoms with van der Waals surface area (Å²) in [6.07, 6.45) is -4.78. The lowest BCUT2D eigenvalue weighted by atomic mass is 10.2. The largest absolute Gasteiger partial charge is 0.443 e. The van der Waals surface area contributed by atoms with E-state index in [1.165, 1.54) is 6.07 Å². The number of halogens is 4. The highest BCUT2D eigenvalue weighted by Gasteiger charge is 2.33. The zero-order valence-corrected chi connectivity index (χ0v) is 12.2. The van der Waals surface area contributed by atoms with Gasteiger partial charge in [-0.25, -0.2) is 0 Å². The summed E-state index contributed by atoms with van der Waals surface area (Å²) < 4.78 is 43.0. The third kappa shape index (κ3) is 3.71. The average molecular weight is 363 g/mol. The van der Waals surface area contributed by atoms with E-state index in [4.69, 9.17) is 16.3 Å². The summed E-state index contributed by atoms with van der Waals surface area (Å²) in [5, 5.41) is 21.9. The molecule has 0 aliphatic rings. The number of benzene rings is 2. The molecule has 0 saturated carbocycles. The van der Waals surface area contributed by atoms with Gasteiger partial charge in [0.1, 0.15) is 0 Å². The van der Waals surface area contributed by atoms with Gasteiger partial charge in [-0.3, -0.25) is 20.2 Å². The van der Waals surface area contributed by atoms with Crippen LogP contribution in [0.5, 0.6) is 11.5 Å². The number of hydrogen-bond acceptors (Lipinski definition) is 5. The molecule has 0 atom stereocenters. The molecule has 24 heavy (non-hydrogen) atoms. The first-order valence-electron chi connectivity index (χ1n) is 6.07. The standard InChI is InChI=1S/C13H6ClF3N2O5/c14-8-2-4-12(10(6-8)19(22)23)24-11-3-1-7(13(15,16)17)5-9(11)18(20)21/h1-6H. The van der Waals surface area contributed by atoms with E-state index in [9.17, 15) is 33.4 Å².